The fourth-order valence-electron chi connectivity index (χ4n) is 3.20. The molecule has 1 saturated heterocycles. The molecule has 1 aromatic carbocycles. The number of rotatable bonds is 4. The number of nitrogens with zero attached hydrogens (tertiary/aromatic N) is 3. The Morgan fingerprint density at radius 2 is 2.26 bits per heavy atom. The zero-order valence-electron chi connectivity index (χ0n) is 13.4. The fraction of sp³-hybridized carbons (Fsp3) is 0.444. The van der Waals surface area contributed by atoms with Crippen molar-refractivity contribution in [3.8, 4) is 0 Å². The third-order valence-electron chi connectivity index (χ3n) is 4.44. The van der Waals surface area contributed by atoms with Crippen LogP contribution in [0.15, 0.2) is 36.5 Å². The van der Waals surface area contributed by atoms with E-state index in [1.54, 1.807) is 0 Å². The number of piperidine rings is 1. The summed E-state index contributed by atoms with van der Waals surface area (Å²) in [6.45, 7) is 1.64. The first kappa shape index (κ1) is 16.1. The Labute approximate surface area is 142 Å². The average Bonchev–Trinajstić information content (AvgIpc) is 2.99. The van der Waals surface area contributed by atoms with E-state index < -0.39 is 0 Å². The van der Waals surface area contributed by atoms with Crippen LogP contribution < -0.4 is 0 Å². The molecule has 2 heterocycles. The maximum Gasteiger partial charge on any atom is 0.222 e. The van der Waals surface area contributed by atoms with Crippen LogP contribution in [-0.2, 0) is 18.3 Å². The van der Waals surface area contributed by atoms with E-state index in [1.165, 1.54) is 0 Å². The minimum Gasteiger partial charge on any atom is -0.342 e. The first-order chi connectivity index (χ1) is 11.1. The Hall–Kier alpha value is -1.81. The maximum atomic E-state index is 12.5. The number of aryl methyl sites for hydroxylation is 2. The van der Waals surface area contributed by atoms with Crippen LogP contribution in [0.4, 0.5) is 0 Å². The highest BCUT2D eigenvalue weighted by Gasteiger charge is 2.25. The van der Waals surface area contributed by atoms with Crippen LogP contribution in [0.25, 0.3) is 0 Å². The second-order valence-electron chi connectivity index (χ2n) is 6.22. The molecule has 1 amide bonds. The van der Waals surface area contributed by atoms with Gasteiger partial charge in [-0.3, -0.25) is 9.48 Å². The Morgan fingerprint density at radius 3 is 3.00 bits per heavy atom. The van der Waals surface area contributed by atoms with Crippen molar-refractivity contribution in [2.45, 2.75) is 31.6 Å². The van der Waals surface area contributed by atoms with Crippen molar-refractivity contribution in [1.29, 1.82) is 0 Å². The van der Waals surface area contributed by atoms with Gasteiger partial charge in [-0.15, -0.1) is 0 Å². The van der Waals surface area contributed by atoms with Crippen molar-refractivity contribution < 1.29 is 4.79 Å². The van der Waals surface area contributed by atoms with Gasteiger partial charge in [-0.1, -0.05) is 23.7 Å². The summed E-state index contributed by atoms with van der Waals surface area (Å²) < 4.78 is 1.83. The monoisotopic (exact) mass is 331 g/mol. The third kappa shape index (κ3) is 4.14. The van der Waals surface area contributed by atoms with Gasteiger partial charge in [0.05, 0.1) is 5.69 Å². The zero-order valence-corrected chi connectivity index (χ0v) is 14.2. The first-order valence-corrected chi connectivity index (χ1v) is 8.51. The van der Waals surface area contributed by atoms with Crippen LogP contribution in [0, 0.1) is 0 Å². The van der Waals surface area contributed by atoms with E-state index in [-0.39, 0.29) is 5.91 Å². The predicted octanol–water partition coefficient (Wildman–Crippen LogP) is 3.41. The van der Waals surface area contributed by atoms with Crippen molar-refractivity contribution >= 4 is 17.5 Å². The minimum atomic E-state index is 0.227. The highest BCUT2D eigenvalue weighted by Crippen LogP contribution is 2.26. The van der Waals surface area contributed by atoms with Crippen molar-refractivity contribution in [3.63, 3.8) is 0 Å². The molecule has 0 radical (unpaired) electrons. The fourth-order valence-corrected chi connectivity index (χ4v) is 3.41. The van der Waals surface area contributed by atoms with Crippen molar-refractivity contribution in [3.05, 3.63) is 52.8 Å². The average molecular weight is 332 g/mol. The highest BCUT2D eigenvalue weighted by atomic mass is 35.5. The maximum absolute atomic E-state index is 12.5. The molecule has 0 aliphatic carbocycles. The molecule has 23 heavy (non-hydrogen) atoms. The van der Waals surface area contributed by atoms with E-state index in [9.17, 15) is 4.79 Å². The molecule has 4 nitrogen and oxygen atoms in total. The largest absolute Gasteiger partial charge is 0.342 e. The van der Waals surface area contributed by atoms with Crippen LogP contribution in [0.1, 0.15) is 36.4 Å². The number of carbonyl (C=O) groups is 1. The number of benzene rings is 1. The smallest absolute Gasteiger partial charge is 0.222 e. The molecule has 0 N–H and O–H groups in total. The van der Waals surface area contributed by atoms with Crippen LogP contribution in [0.3, 0.4) is 0 Å². The minimum absolute atomic E-state index is 0.227. The Balaban J connectivity index is 1.56. The third-order valence-corrected chi connectivity index (χ3v) is 4.68. The molecule has 0 spiro atoms. The molecule has 122 valence electrons. The Bertz CT molecular complexity index is 682. The van der Waals surface area contributed by atoms with E-state index in [0.29, 0.717) is 12.3 Å². The molecular formula is C18H22ClN3O. The quantitative estimate of drug-likeness (QED) is 0.861. The molecule has 0 saturated carbocycles. The van der Waals surface area contributed by atoms with Gasteiger partial charge in [-0.05, 0) is 43.0 Å². The highest BCUT2D eigenvalue weighted by molar-refractivity contribution is 6.30. The van der Waals surface area contributed by atoms with Gasteiger partial charge in [0.2, 0.25) is 5.91 Å². The lowest BCUT2D eigenvalue weighted by molar-refractivity contribution is -0.132. The molecule has 0 bridgehead atoms. The van der Waals surface area contributed by atoms with Gasteiger partial charge in [0.15, 0.2) is 0 Å². The SMILES string of the molecule is Cn1ccc([C@@H]2CCCN(C(=O)CCc3cccc(Cl)c3)C2)n1. The number of carbonyl (C=O) groups excluding carboxylic acids is 1. The van der Waals surface area contributed by atoms with Gasteiger partial charge in [0.25, 0.3) is 0 Å². The second kappa shape index (κ2) is 7.18. The molecule has 1 fully saturated rings. The standard InChI is InChI=1S/C18H22ClN3O/c1-21-11-9-17(20-21)15-5-3-10-22(13-15)18(23)8-7-14-4-2-6-16(19)12-14/h2,4,6,9,11-12,15H,3,5,7-8,10,13H2,1H3/t15-/m1/s1. The second-order valence-corrected chi connectivity index (χ2v) is 6.66. The van der Waals surface area contributed by atoms with E-state index in [1.807, 2.05) is 47.1 Å². The number of aromatic nitrogens is 2. The number of hydrogen-bond donors (Lipinski definition) is 0. The van der Waals surface area contributed by atoms with Crippen LogP contribution >= 0.6 is 11.6 Å². The van der Waals surface area contributed by atoms with E-state index in [2.05, 4.69) is 11.2 Å². The van der Waals surface area contributed by atoms with Crippen LogP contribution in [0.5, 0.6) is 0 Å². The van der Waals surface area contributed by atoms with Crippen LogP contribution in [0.2, 0.25) is 5.02 Å². The number of hydrogen-bond acceptors (Lipinski definition) is 2. The molecule has 2 aromatic rings. The lowest BCUT2D eigenvalue weighted by Crippen LogP contribution is -2.39. The molecular weight excluding hydrogens is 310 g/mol. The summed E-state index contributed by atoms with van der Waals surface area (Å²) in [5.41, 5.74) is 2.21. The summed E-state index contributed by atoms with van der Waals surface area (Å²) in [4.78, 5) is 14.5. The molecule has 1 aromatic heterocycles. The number of halogens is 1. The topological polar surface area (TPSA) is 38.1 Å². The normalized spacial score (nSPS) is 18.2. The molecule has 1 aliphatic heterocycles. The first-order valence-electron chi connectivity index (χ1n) is 8.13. The summed E-state index contributed by atoms with van der Waals surface area (Å²) in [5, 5.41) is 5.22. The molecule has 1 atom stereocenters. The summed E-state index contributed by atoms with van der Waals surface area (Å²) in [5.74, 6) is 0.589. The predicted molar refractivity (Wildman–Crippen MR) is 91.5 cm³/mol. The molecule has 3 rings (SSSR count). The Morgan fingerprint density at radius 1 is 1.39 bits per heavy atom. The lowest BCUT2D eigenvalue weighted by Gasteiger charge is -2.32. The number of amides is 1. The van der Waals surface area contributed by atoms with Gasteiger partial charge in [0, 0.05) is 43.7 Å². The summed E-state index contributed by atoms with van der Waals surface area (Å²) in [6.07, 6.45) is 5.40. The van der Waals surface area contributed by atoms with Gasteiger partial charge in [-0.25, -0.2) is 0 Å². The van der Waals surface area contributed by atoms with E-state index >= 15 is 0 Å². The van der Waals surface area contributed by atoms with Gasteiger partial charge in [-0.2, -0.15) is 5.10 Å². The molecule has 0 unspecified atom stereocenters. The van der Waals surface area contributed by atoms with Crippen molar-refractivity contribution in [2.75, 3.05) is 13.1 Å². The van der Waals surface area contributed by atoms with Gasteiger partial charge in [0.1, 0.15) is 0 Å². The lowest BCUT2D eigenvalue weighted by atomic mass is 9.94. The van der Waals surface area contributed by atoms with Crippen LogP contribution in [-0.4, -0.2) is 33.7 Å². The zero-order chi connectivity index (χ0) is 16.2. The van der Waals surface area contributed by atoms with Gasteiger partial charge < -0.3 is 4.90 Å². The molecule has 5 heteroatoms. The van der Waals surface area contributed by atoms with Gasteiger partial charge >= 0.3 is 0 Å². The van der Waals surface area contributed by atoms with Crippen molar-refractivity contribution in [1.82, 2.24) is 14.7 Å². The van der Waals surface area contributed by atoms with E-state index in [4.69, 9.17) is 11.6 Å². The van der Waals surface area contributed by atoms with Crippen molar-refractivity contribution in [2.24, 2.45) is 7.05 Å². The van der Waals surface area contributed by atoms with E-state index in [0.717, 1.165) is 48.6 Å². The summed E-state index contributed by atoms with van der Waals surface area (Å²) in [7, 11) is 1.93. The number of likely N-dealkylation sites (tertiary alicyclic amines) is 1. The summed E-state index contributed by atoms with van der Waals surface area (Å²) in [6, 6.07) is 9.80. The Kier molecular flexibility index (Phi) is 5.01. The molecule has 1 aliphatic rings. The summed E-state index contributed by atoms with van der Waals surface area (Å²) >= 11 is 5.99.